The van der Waals surface area contributed by atoms with Crippen molar-refractivity contribution in [3.8, 4) is 0 Å². The summed E-state index contributed by atoms with van der Waals surface area (Å²) in [5, 5.41) is 2.77. The number of benzene rings is 1. The lowest BCUT2D eigenvalue weighted by Gasteiger charge is -2.39. The van der Waals surface area contributed by atoms with Crippen LogP contribution in [0.15, 0.2) is 24.3 Å². The molecule has 1 N–H and O–H groups in total. The van der Waals surface area contributed by atoms with E-state index in [4.69, 9.17) is 4.74 Å². The Kier molecular flexibility index (Phi) is 9.87. The van der Waals surface area contributed by atoms with Crippen molar-refractivity contribution in [2.45, 2.75) is 98.0 Å². The van der Waals surface area contributed by atoms with Crippen LogP contribution < -0.4 is 5.32 Å². The van der Waals surface area contributed by atoms with Gasteiger partial charge in [0.05, 0.1) is 0 Å². The van der Waals surface area contributed by atoms with Crippen molar-refractivity contribution >= 4 is 11.9 Å². The monoisotopic (exact) mass is 415 g/mol. The van der Waals surface area contributed by atoms with Crippen LogP contribution in [0.1, 0.15) is 90.2 Å². The zero-order valence-electron chi connectivity index (χ0n) is 19.5. The summed E-state index contributed by atoms with van der Waals surface area (Å²) in [6, 6.07) is 8.98. The molecule has 1 aromatic carbocycles. The quantitative estimate of drug-likeness (QED) is 0.464. The summed E-state index contributed by atoms with van der Waals surface area (Å²) in [7, 11) is 0. The fourth-order valence-electron chi connectivity index (χ4n) is 4.64. The molecule has 1 aliphatic rings. The Morgan fingerprint density at radius 2 is 1.73 bits per heavy atom. The second-order valence-corrected chi connectivity index (χ2v) is 9.06. The highest BCUT2D eigenvalue weighted by molar-refractivity contribution is 5.82. The van der Waals surface area contributed by atoms with E-state index in [0.717, 1.165) is 64.2 Å². The number of ketones is 1. The Balaban J connectivity index is 1.88. The third kappa shape index (κ3) is 7.14. The summed E-state index contributed by atoms with van der Waals surface area (Å²) < 4.78 is 5.55. The number of aryl methyl sites for hydroxylation is 1. The number of carbonyl (C=O) groups excluding carboxylic acids is 2. The fraction of sp³-hybridized carbons (Fsp3) is 0.692. The Morgan fingerprint density at radius 1 is 1.10 bits per heavy atom. The Labute approximate surface area is 183 Å². The molecule has 0 spiro atoms. The van der Waals surface area contributed by atoms with Gasteiger partial charge in [-0.2, -0.15) is 0 Å². The van der Waals surface area contributed by atoms with Crippen molar-refractivity contribution < 1.29 is 14.3 Å². The van der Waals surface area contributed by atoms with Gasteiger partial charge in [-0.3, -0.25) is 4.79 Å². The van der Waals surface area contributed by atoms with E-state index in [1.807, 2.05) is 6.92 Å². The van der Waals surface area contributed by atoms with Gasteiger partial charge in [-0.05, 0) is 81.8 Å². The summed E-state index contributed by atoms with van der Waals surface area (Å²) in [5.41, 5.74) is 2.54. The van der Waals surface area contributed by atoms with Crippen LogP contribution in [0.4, 0.5) is 4.79 Å². The Morgan fingerprint density at radius 3 is 2.27 bits per heavy atom. The first-order valence-corrected chi connectivity index (χ1v) is 12.0. The molecule has 0 bridgehead atoms. The summed E-state index contributed by atoms with van der Waals surface area (Å²) in [4.78, 5) is 24.4. The lowest BCUT2D eigenvalue weighted by molar-refractivity contribution is -0.130. The highest BCUT2D eigenvalue weighted by Crippen LogP contribution is 2.43. The summed E-state index contributed by atoms with van der Waals surface area (Å²) >= 11 is 0. The molecule has 2 rings (SSSR count). The van der Waals surface area contributed by atoms with Gasteiger partial charge in [-0.15, -0.1) is 0 Å². The molecule has 1 aliphatic carbocycles. The molecule has 0 heterocycles. The highest BCUT2D eigenvalue weighted by Gasteiger charge is 2.40. The number of rotatable bonds is 11. The van der Waals surface area contributed by atoms with E-state index in [1.165, 1.54) is 11.1 Å². The van der Waals surface area contributed by atoms with Crippen molar-refractivity contribution in [2.24, 2.45) is 11.3 Å². The molecule has 30 heavy (non-hydrogen) atoms. The zero-order valence-corrected chi connectivity index (χ0v) is 19.5. The van der Waals surface area contributed by atoms with E-state index in [0.29, 0.717) is 18.2 Å². The Bertz CT molecular complexity index is 659. The van der Waals surface area contributed by atoms with E-state index in [2.05, 4.69) is 43.4 Å². The van der Waals surface area contributed by atoms with E-state index in [1.54, 1.807) is 6.92 Å². The minimum absolute atomic E-state index is 0.0617. The van der Waals surface area contributed by atoms with Crippen molar-refractivity contribution in [1.82, 2.24) is 5.32 Å². The van der Waals surface area contributed by atoms with Gasteiger partial charge in [0.1, 0.15) is 11.9 Å². The number of ether oxygens (including phenoxy) is 1. The van der Waals surface area contributed by atoms with Gasteiger partial charge in [-0.25, -0.2) is 4.79 Å². The first kappa shape index (κ1) is 24.4. The Hall–Kier alpha value is -1.84. The number of Topliss-reactive ketones (excluding diaryl/α,β-unsaturated/α-hetero) is 1. The number of nitrogens with one attached hydrogen (secondary N) is 1. The lowest BCUT2D eigenvalue weighted by Crippen LogP contribution is -2.39. The van der Waals surface area contributed by atoms with Crippen LogP contribution in [0.25, 0.3) is 0 Å². The van der Waals surface area contributed by atoms with Crippen molar-refractivity contribution in [2.75, 3.05) is 6.54 Å². The normalized spacial score (nSPS) is 22.3. The molecule has 1 unspecified atom stereocenters. The summed E-state index contributed by atoms with van der Waals surface area (Å²) in [6.45, 7) is 8.85. The third-order valence-electron chi connectivity index (χ3n) is 6.99. The highest BCUT2D eigenvalue weighted by atomic mass is 16.6. The van der Waals surface area contributed by atoms with Gasteiger partial charge < -0.3 is 10.1 Å². The third-order valence-corrected chi connectivity index (χ3v) is 6.99. The zero-order chi connectivity index (χ0) is 22.0. The van der Waals surface area contributed by atoms with Gasteiger partial charge in [0.2, 0.25) is 0 Å². The number of hydrogen-bond acceptors (Lipinski definition) is 3. The molecule has 1 saturated carbocycles. The molecule has 1 aromatic rings. The van der Waals surface area contributed by atoms with Crippen LogP contribution in [0.2, 0.25) is 0 Å². The summed E-state index contributed by atoms with van der Waals surface area (Å²) in [5.74, 6) is 0.904. The maximum absolute atomic E-state index is 12.6. The van der Waals surface area contributed by atoms with Gasteiger partial charge in [0.15, 0.2) is 0 Å². The topological polar surface area (TPSA) is 55.4 Å². The summed E-state index contributed by atoms with van der Waals surface area (Å²) in [6.07, 6.45) is 9.05. The molecule has 1 amide bonds. The van der Waals surface area contributed by atoms with Gasteiger partial charge in [0.25, 0.3) is 0 Å². The minimum Gasteiger partial charge on any atom is -0.446 e. The molecule has 0 saturated heterocycles. The smallest absolute Gasteiger partial charge is 0.407 e. The predicted molar refractivity (Wildman–Crippen MR) is 123 cm³/mol. The number of carbonyl (C=O) groups is 2. The molecular weight excluding hydrogens is 374 g/mol. The van der Waals surface area contributed by atoms with Crippen LogP contribution in [0.3, 0.4) is 0 Å². The molecule has 1 fully saturated rings. The fourth-order valence-corrected chi connectivity index (χ4v) is 4.64. The SMILES string of the molecule is CCCNC(=O)OC1CCC(CCC(CC)Cc2ccc(CC)cc2)(C(C)=O)CC1. The maximum atomic E-state index is 12.6. The van der Waals surface area contributed by atoms with Crippen LogP contribution in [0, 0.1) is 11.3 Å². The average molecular weight is 416 g/mol. The van der Waals surface area contributed by atoms with Gasteiger partial charge in [-0.1, -0.05) is 51.5 Å². The van der Waals surface area contributed by atoms with Crippen LogP contribution >= 0.6 is 0 Å². The average Bonchev–Trinajstić information content (AvgIpc) is 2.76. The minimum atomic E-state index is -0.322. The van der Waals surface area contributed by atoms with E-state index >= 15 is 0 Å². The first-order chi connectivity index (χ1) is 14.4. The predicted octanol–water partition coefficient (Wildman–Crippen LogP) is 6.25. The van der Waals surface area contributed by atoms with Gasteiger partial charge in [0, 0.05) is 12.0 Å². The van der Waals surface area contributed by atoms with Crippen LogP contribution in [-0.4, -0.2) is 24.5 Å². The largest absolute Gasteiger partial charge is 0.446 e. The molecule has 168 valence electrons. The van der Waals surface area contributed by atoms with E-state index in [9.17, 15) is 9.59 Å². The molecule has 0 aromatic heterocycles. The maximum Gasteiger partial charge on any atom is 0.407 e. The standard InChI is InChI=1S/C26H41NO3/c1-5-18-27-25(29)30-24-13-16-26(17-14-24,20(4)28)15-12-22(7-3)19-23-10-8-21(6-2)9-11-23/h8-11,22,24H,5-7,12-19H2,1-4H3,(H,27,29). The van der Waals surface area contributed by atoms with E-state index in [-0.39, 0.29) is 17.6 Å². The molecule has 4 nitrogen and oxygen atoms in total. The second kappa shape index (κ2) is 12.1. The molecular formula is C26H41NO3. The lowest BCUT2D eigenvalue weighted by atomic mass is 9.67. The van der Waals surface area contributed by atoms with E-state index < -0.39 is 0 Å². The van der Waals surface area contributed by atoms with Crippen LogP contribution in [0.5, 0.6) is 0 Å². The van der Waals surface area contributed by atoms with Crippen molar-refractivity contribution in [3.05, 3.63) is 35.4 Å². The number of alkyl carbamates (subject to hydrolysis) is 1. The number of amides is 1. The van der Waals surface area contributed by atoms with Crippen LogP contribution in [-0.2, 0) is 22.4 Å². The first-order valence-electron chi connectivity index (χ1n) is 12.0. The number of hydrogen-bond donors (Lipinski definition) is 1. The van der Waals surface area contributed by atoms with Crippen molar-refractivity contribution in [3.63, 3.8) is 0 Å². The molecule has 1 atom stereocenters. The molecule has 0 aliphatic heterocycles. The second-order valence-electron chi connectivity index (χ2n) is 9.06. The van der Waals surface area contributed by atoms with Gasteiger partial charge >= 0.3 is 6.09 Å². The van der Waals surface area contributed by atoms with Crippen molar-refractivity contribution in [1.29, 1.82) is 0 Å². The molecule has 4 heteroatoms. The molecule has 0 radical (unpaired) electrons.